The van der Waals surface area contributed by atoms with E-state index in [2.05, 4.69) is 0 Å². The number of esters is 1. The van der Waals surface area contributed by atoms with Gasteiger partial charge in [0.1, 0.15) is 24.4 Å². The summed E-state index contributed by atoms with van der Waals surface area (Å²) in [6, 6.07) is -1.76. The molecule has 2 bridgehead atoms. The van der Waals surface area contributed by atoms with Gasteiger partial charge in [0, 0.05) is 78.7 Å². The zero-order valence-electron chi connectivity index (χ0n) is 42.2. The molecular weight excluding hydrogens is 861 g/mol. The number of Topliss-reactive ketones (excluding diaryl/α,β-unsaturated/α-hetero) is 2. The number of rotatable bonds is 8. The fourth-order valence-electron chi connectivity index (χ4n) is 10.6. The van der Waals surface area contributed by atoms with E-state index in [0.717, 1.165) is 18.4 Å². The number of aliphatic hydroxyl groups excluding tert-OH is 1. The summed E-state index contributed by atoms with van der Waals surface area (Å²) in [5, 5.41) is 23.6. The fraction of sp³-hybridized carbons (Fsp3) is 0.769. The Hall–Kier alpha value is -3.12. The van der Waals surface area contributed by atoms with Crippen LogP contribution in [0.15, 0.2) is 47.6 Å². The van der Waals surface area contributed by atoms with E-state index in [4.69, 9.17) is 38.9 Å². The maximum Gasteiger partial charge on any atom is 0.329 e. The van der Waals surface area contributed by atoms with Gasteiger partial charge >= 0.3 is 5.97 Å². The normalized spacial score (nSPS) is 39.4. The molecule has 0 aromatic heterocycles. The summed E-state index contributed by atoms with van der Waals surface area (Å²) >= 11 is 0. The van der Waals surface area contributed by atoms with Crippen LogP contribution in [-0.2, 0) is 52.3 Å². The second-order valence-electron chi connectivity index (χ2n) is 19.9. The van der Waals surface area contributed by atoms with Crippen LogP contribution in [0.3, 0.4) is 0 Å². The molecule has 67 heavy (non-hydrogen) atoms. The molecule has 4 aliphatic rings. The molecule has 1 saturated carbocycles. The van der Waals surface area contributed by atoms with Gasteiger partial charge in [0.2, 0.25) is 5.79 Å². The molecular formula is C52H84N2O13. The van der Waals surface area contributed by atoms with E-state index in [1.807, 2.05) is 64.2 Å². The van der Waals surface area contributed by atoms with Crippen molar-refractivity contribution in [3.05, 3.63) is 47.6 Å². The predicted molar refractivity (Wildman–Crippen MR) is 255 cm³/mol. The highest BCUT2D eigenvalue weighted by molar-refractivity contribution is 6.39. The van der Waals surface area contributed by atoms with E-state index >= 15 is 0 Å². The smallest absolute Gasteiger partial charge is 0.329 e. The molecule has 0 radical (unpaired) electrons. The van der Waals surface area contributed by atoms with Gasteiger partial charge in [0.25, 0.3) is 11.7 Å². The summed E-state index contributed by atoms with van der Waals surface area (Å²) in [7, 11) is 7.91. The van der Waals surface area contributed by atoms with Crippen LogP contribution < -0.4 is 5.73 Å². The summed E-state index contributed by atoms with van der Waals surface area (Å²) < 4.78 is 41.6. The lowest BCUT2D eigenvalue weighted by atomic mass is 9.80. The number of methoxy groups -OCH3 is 5. The number of carbonyl (C=O) groups is 4. The highest BCUT2D eigenvalue weighted by Crippen LogP contribution is 2.37. The largest absolute Gasteiger partial charge is 0.459 e. The zero-order chi connectivity index (χ0) is 49.6. The monoisotopic (exact) mass is 945 g/mol. The van der Waals surface area contributed by atoms with Gasteiger partial charge in [-0.3, -0.25) is 14.4 Å². The van der Waals surface area contributed by atoms with Crippen LogP contribution in [0.25, 0.3) is 0 Å². The molecule has 0 unspecified atom stereocenters. The van der Waals surface area contributed by atoms with Crippen molar-refractivity contribution in [1.82, 2.24) is 4.90 Å². The average molecular weight is 945 g/mol. The number of hydrogen-bond donors (Lipinski definition) is 3. The van der Waals surface area contributed by atoms with E-state index in [9.17, 15) is 29.4 Å². The first-order valence-corrected chi connectivity index (χ1v) is 24.6. The Morgan fingerprint density at radius 3 is 2.15 bits per heavy atom. The molecule has 15 heteroatoms. The van der Waals surface area contributed by atoms with Crippen LogP contribution in [0.2, 0.25) is 0 Å². The van der Waals surface area contributed by atoms with Crippen molar-refractivity contribution < 1.29 is 62.5 Å². The van der Waals surface area contributed by atoms with Gasteiger partial charge in [0.05, 0.1) is 30.5 Å². The average Bonchev–Trinajstić information content (AvgIpc) is 3.31. The van der Waals surface area contributed by atoms with Crippen LogP contribution in [-0.4, -0.2) is 147 Å². The van der Waals surface area contributed by atoms with Crippen LogP contribution >= 0.6 is 0 Å². The molecule has 0 spiro atoms. The van der Waals surface area contributed by atoms with Gasteiger partial charge < -0.3 is 54.0 Å². The number of carbonyl (C=O) groups excluding carboxylic acids is 4. The molecule has 16 atom stereocenters. The lowest BCUT2D eigenvalue weighted by Gasteiger charge is -2.43. The third-order valence-corrected chi connectivity index (χ3v) is 15.0. The van der Waals surface area contributed by atoms with Gasteiger partial charge in [-0.15, -0.1) is 0 Å². The van der Waals surface area contributed by atoms with Gasteiger partial charge in [-0.25, -0.2) is 4.79 Å². The Bertz CT molecular complexity index is 1750. The lowest BCUT2D eigenvalue weighted by Crippen LogP contribution is -2.61. The van der Waals surface area contributed by atoms with E-state index in [0.29, 0.717) is 56.9 Å². The molecule has 0 aromatic carbocycles. The molecule has 15 nitrogen and oxygen atoms in total. The minimum atomic E-state index is -2.41. The number of allylic oxidation sites excluding steroid dienone is 5. The third-order valence-electron chi connectivity index (χ3n) is 15.0. The molecule has 4 N–H and O–H groups in total. The summed E-state index contributed by atoms with van der Waals surface area (Å²) in [6.07, 6.45) is 12.8. The molecule has 3 heterocycles. The van der Waals surface area contributed by atoms with Gasteiger partial charge in [0.15, 0.2) is 5.78 Å². The number of nitrogens with zero attached hydrogens (tertiary/aromatic N) is 1. The quantitative estimate of drug-likeness (QED) is 0.146. The highest BCUT2D eigenvalue weighted by atomic mass is 16.6. The van der Waals surface area contributed by atoms with Crippen LogP contribution in [0.5, 0.6) is 0 Å². The molecule has 0 aromatic rings. The molecule has 380 valence electrons. The molecule has 3 aliphatic heterocycles. The standard InChI is InChI=1S/C52H84N2O13/c1-31-17-13-12-14-18-32(2)42(62-8)29-38-22-20-36(6)52(60,67-38)49(57)50(58)54-24-16-15-19-40(54)51(59)66-44(39(53)27-37-21-23-41(61-7)45(28-37)64-10)30-43(63-9)33(3)26-35(5)47(56)48(65-11)46(55)34(4)25-31/h12-14,17-18,26,31,33-34,36-45,47-48,56,60H,15-16,19-25,27-30,53H2,1-11H3/b14-12?,17-13+,32-18?,35-26+/t31-,33-,34-,36-,37+,38+,39-,40+,41-,42+,43-,44+,45-,47-,48+,52-/m1/s1. The number of nitrogens with two attached hydrogens (primary N) is 1. The number of amides is 1. The van der Waals surface area contributed by atoms with Crippen molar-refractivity contribution in [3.8, 4) is 0 Å². The Kier molecular flexibility index (Phi) is 22.5. The van der Waals surface area contributed by atoms with Crippen molar-refractivity contribution in [2.24, 2.45) is 35.3 Å². The number of cyclic esters (lactones) is 1. The fourth-order valence-corrected chi connectivity index (χ4v) is 10.6. The van der Waals surface area contributed by atoms with Crippen LogP contribution in [0, 0.1) is 29.6 Å². The number of ether oxygens (including phenoxy) is 7. The van der Waals surface area contributed by atoms with Crippen molar-refractivity contribution in [1.29, 1.82) is 0 Å². The van der Waals surface area contributed by atoms with Gasteiger partial charge in [-0.05, 0) is 101 Å². The second-order valence-corrected chi connectivity index (χ2v) is 19.9. The molecule has 2 saturated heterocycles. The minimum Gasteiger partial charge on any atom is -0.459 e. The molecule has 1 aliphatic carbocycles. The maximum atomic E-state index is 14.5. The predicted octanol–water partition coefficient (Wildman–Crippen LogP) is 5.97. The number of hydrogen-bond acceptors (Lipinski definition) is 14. The van der Waals surface area contributed by atoms with Crippen molar-refractivity contribution >= 4 is 23.4 Å². The van der Waals surface area contributed by atoms with E-state index in [-0.39, 0.29) is 55.1 Å². The Labute approximate surface area is 400 Å². The van der Waals surface area contributed by atoms with Gasteiger partial charge in [-0.2, -0.15) is 0 Å². The second kappa shape index (κ2) is 26.7. The van der Waals surface area contributed by atoms with Crippen molar-refractivity contribution in [2.75, 3.05) is 42.1 Å². The number of fused-ring (bicyclic) bond motifs is 3. The van der Waals surface area contributed by atoms with E-state index in [1.54, 1.807) is 42.3 Å². The SMILES string of the molecule is CO[C@H]1C[C@@H]2CC[C@@H](C)[C@@](O)(O2)C(=O)C(=O)N2CCCC[C@H]2C(=O)O[C@H]([C@H](N)C[C@@H]2CC[C@@H](OC)[C@H](OC)C2)C[C@@H](OC)[C@H](C)/C=C(\C)[C@@H](O)[C@@H](OC)C(=O)[C@H](C)C[C@H](C)/C=C/C=CC=C1C. The highest BCUT2D eigenvalue weighted by Gasteiger charge is 2.53. The third kappa shape index (κ3) is 14.9. The van der Waals surface area contributed by atoms with Crippen LogP contribution in [0.1, 0.15) is 119 Å². The van der Waals surface area contributed by atoms with E-state index < -0.39 is 84.0 Å². The summed E-state index contributed by atoms with van der Waals surface area (Å²) in [4.78, 5) is 58.1. The number of ketones is 2. The Balaban J connectivity index is 1.72. The van der Waals surface area contributed by atoms with Crippen molar-refractivity contribution in [3.63, 3.8) is 0 Å². The first-order chi connectivity index (χ1) is 31.8. The summed E-state index contributed by atoms with van der Waals surface area (Å²) in [5.74, 6) is -6.70. The zero-order valence-corrected chi connectivity index (χ0v) is 42.2. The maximum absolute atomic E-state index is 14.5. The first-order valence-electron chi connectivity index (χ1n) is 24.6. The van der Waals surface area contributed by atoms with Crippen LogP contribution in [0.4, 0.5) is 0 Å². The van der Waals surface area contributed by atoms with E-state index in [1.165, 1.54) is 12.0 Å². The molecule has 1 amide bonds. The number of piperidine rings is 1. The molecule has 4 rings (SSSR count). The first kappa shape index (κ1) is 56.5. The molecule has 3 fully saturated rings. The Morgan fingerprint density at radius 1 is 0.791 bits per heavy atom. The summed E-state index contributed by atoms with van der Waals surface area (Å²) in [5.41, 5.74) is 8.46. The topological polar surface area (TPSA) is 203 Å². The lowest BCUT2D eigenvalue weighted by molar-refractivity contribution is -0.265. The Morgan fingerprint density at radius 2 is 1.49 bits per heavy atom. The summed E-state index contributed by atoms with van der Waals surface area (Å²) in [6.45, 7) is 11.3. The van der Waals surface area contributed by atoms with Gasteiger partial charge in [-0.1, -0.05) is 64.2 Å². The minimum absolute atomic E-state index is 0.0404. The number of aliphatic hydroxyl groups is 2. The van der Waals surface area contributed by atoms with Crippen molar-refractivity contribution in [2.45, 2.75) is 185 Å².